The molecule has 0 amide bonds. The molecule has 24 heavy (non-hydrogen) atoms. The number of aromatic amines is 1. The van der Waals surface area contributed by atoms with E-state index in [-0.39, 0.29) is 5.78 Å². The molecule has 2 aromatic carbocycles. The van der Waals surface area contributed by atoms with Crippen LogP contribution in [0.1, 0.15) is 16.8 Å². The molecule has 1 aliphatic carbocycles. The Morgan fingerprint density at radius 2 is 1.62 bits per heavy atom. The summed E-state index contributed by atoms with van der Waals surface area (Å²) in [6.45, 7) is 6.95. The van der Waals surface area contributed by atoms with E-state index in [0.29, 0.717) is 6.42 Å². The van der Waals surface area contributed by atoms with Crippen LogP contribution in [-0.4, -0.2) is 18.8 Å². The van der Waals surface area contributed by atoms with Gasteiger partial charge in [-0.3, -0.25) is 4.79 Å². The van der Waals surface area contributed by atoms with Crippen molar-refractivity contribution in [1.29, 1.82) is 0 Å². The molecule has 1 aliphatic rings. The monoisotopic (exact) mass is 331 g/mol. The first-order valence-corrected chi connectivity index (χ1v) is 11.9. The number of nitrogens with one attached hydrogen (secondary N) is 1. The largest absolute Gasteiger partial charge is 0.354 e. The molecule has 0 radical (unpaired) electrons. The SMILES string of the molecule is C[Si](C)(C)/C(=C1/C(=O)Cc2c1[nH]c1ccccc21)c1ccccc1. The Bertz CT molecular complexity index is 974. The van der Waals surface area contributed by atoms with E-state index >= 15 is 0 Å². The predicted octanol–water partition coefficient (Wildman–Crippen LogP) is 5.08. The third-order valence-corrected chi connectivity index (χ3v) is 6.78. The molecule has 0 atom stereocenters. The topological polar surface area (TPSA) is 32.9 Å². The van der Waals surface area contributed by atoms with Crippen molar-refractivity contribution in [2.45, 2.75) is 26.1 Å². The summed E-state index contributed by atoms with van der Waals surface area (Å²) in [5, 5.41) is 2.44. The minimum absolute atomic E-state index is 0.253. The van der Waals surface area contributed by atoms with Gasteiger partial charge in [-0.2, -0.15) is 0 Å². The number of ketones is 1. The lowest BCUT2D eigenvalue weighted by atomic mass is 10.1. The minimum atomic E-state index is -1.71. The van der Waals surface area contributed by atoms with E-state index in [4.69, 9.17) is 0 Å². The number of fused-ring (bicyclic) bond motifs is 3. The van der Waals surface area contributed by atoms with E-state index in [0.717, 1.165) is 22.3 Å². The minimum Gasteiger partial charge on any atom is -0.354 e. The summed E-state index contributed by atoms with van der Waals surface area (Å²) in [4.78, 5) is 16.5. The standard InChI is InChI=1S/C21H21NOSi/c1-24(2,3)21(14-9-5-4-6-10-14)19-18(23)13-16-15-11-7-8-12-17(15)22-20(16)19/h4-12,22H,13H2,1-3H3/b21-19-. The van der Waals surface area contributed by atoms with Crippen LogP contribution in [0.2, 0.25) is 19.6 Å². The van der Waals surface area contributed by atoms with Gasteiger partial charge in [0.05, 0.1) is 13.8 Å². The van der Waals surface area contributed by atoms with E-state index < -0.39 is 8.07 Å². The van der Waals surface area contributed by atoms with Crippen molar-refractivity contribution in [3.8, 4) is 0 Å². The summed E-state index contributed by atoms with van der Waals surface area (Å²) in [7, 11) is -1.71. The molecule has 2 nitrogen and oxygen atoms in total. The first kappa shape index (κ1) is 15.2. The molecule has 0 unspecified atom stereocenters. The summed E-state index contributed by atoms with van der Waals surface area (Å²) in [5.41, 5.74) is 5.44. The second-order valence-corrected chi connectivity index (χ2v) is 12.5. The Labute approximate surface area is 143 Å². The highest BCUT2D eigenvalue weighted by Crippen LogP contribution is 2.42. The number of H-pyrrole nitrogens is 1. The average Bonchev–Trinajstić information content (AvgIpc) is 3.04. The number of hydrogen-bond acceptors (Lipinski definition) is 1. The van der Waals surface area contributed by atoms with Crippen molar-refractivity contribution >= 4 is 35.5 Å². The number of allylic oxidation sites excluding steroid dienone is 1. The molecule has 120 valence electrons. The number of carbonyl (C=O) groups is 1. The number of para-hydroxylation sites is 1. The molecule has 0 aliphatic heterocycles. The zero-order valence-corrected chi connectivity index (χ0v) is 15.3. The molecule has 1 heterocycles. The van der Waals surface area contributed by atoms with Gasteiger partial charge in [0.1, 0.15) is 0 Å². The van der Waals surface area contributed by atoms with Crippen molar-refractivity contribution in [1.82, 2.24) is 4.98 Å². The molecule has 1 aromatic heterocycles. The molecule has 0 saturated heterocycles. The second kappa shape index (κ2) is 5.31. The van der Waals surface area contributed by atoms with Gasteiger partial charge in [0.15, 0.2) is 5.78 Å². The molecule has 0 spiro atoms. The van der Waals surface area contributed by atoms with E-state index in [1.165, 1.54) is 16.1 Å². The van der Waals surface area contributed by atoms with E-state index in [1.807, 2.05) is 18.2 Å². The first-order chi connectivity index (χ1) is 11.5. The molecular weight excluding hydrogens is 310 g/mol. The van der Waals surface area contributed by atoms with Crippen LogP contribution in [0.15, 0.2) is 54.6 Å². The summed E-state index contributed by atoms with van der Waals surface area (Å²) in [5.74, 6) is 0.253. The summed E-state index contributed by atoms with van der Waals surface area (Å²) in [6.07, 6.45) is 0.509. The fraction of sp³-hybridized carbons (Fsp3) is 0.190. The Morgan fingerprint density at radius 3 is 2.33 bits per heavy atom. The fourth-order valence-corrected chi connectivity index (χ4v) is 5.85. The zero-order valence-electron chi connectivity index (χ0n) is 14.3. The van der Waals surface area contributed by atoms with Crippen molar-refractivity contribution in [2.24, 2.45) is 0 Å². The smallest absolute Gasteiger partial charge is 0.169 e. The van der Waals surface area contributed by atoms with Crippen LogP contribution in [0.25, 0.3) is 21.7 Å². The molecule has 0 saturated carbocycles. The summed E-state index contributed by atoms with van der Waals surface area (Å²) < 4.78 is 0. The third-order valence-electron chi connectivity index (χ3n) is 4.74. The van der Waals surface area contributed by atoms with Gasteiger partial charge < -0.3 is 4.98 Å². The van der Waals surface area contributed by atoms with Crippen LogP contribution < -0.4 is 0 Å². The number of benzene rings is 2. The quantitative estimate of drug-likeness (QED) is 0.515. The van der Waals surface area contributed by atoms with Crippen LogP contribution in [0.4, 0.5) is 0 Å². The summed E-state index contributed by atoms with van der Waals surface area (Å²) >= 11 is 0. The molecule has 0 fully saturated rings. The van der Waals surface area contributed by atoms with E-state index in [2.05, 4.69) is 61.0 Å². The lowest BCUT2D eigenvalue weighted by Crippen LogP contribution is -2.25. The highest BCUT2D eigenvalue weighted by molar-refractivity contribution is 6.96. The number of carbonyl (C=O) groups excluding carboxylic acids is 1. The van der Waals surface area contributed by atoms with Gasteiger partial charge in [-0.05, 0) is 22.4 Å². The van der Waals surface area contributed by atoms with Gasteiger partial charge in [-0.25, -0.2) is 0 Å². The van der Waals surface area contributed by atoms with Crippen LogP contribution >= 0.6 is 0 Å². The average molecular weight is 331 g/mol. The number of hydrogen-bond donors (Lipinski definition) is 1. The summed E-state index contributed by atoms with van der Waals surface area (Å²) in [6, 6.07) is 18.7. The number of Topliss-reactive ketones (excluding diaryl/α,β-unsaturated/α-hetero) is 1. The van der Waals surface area contributed by atoms with Gasteiger partial charge in [0.2, 0.25) is 0 Å². The Morgan fingerprint density at radius 1 is 0.958 bits per heavy atom. The Balaban J connectivity index is 2.06. The van der Waals surface area contributed by atoms with Crippen molar-refractivity contribution < 1.29 is 4.79 Å². The third kappa shape index (κ3) is 2.28. The van der Waals surface area contributed by atoms with Crippen molar-refractivity contribution in [3.05, 3.63) is 71.4 Å². The van der Waals surface area contributed by atoms with Crippen LogP contribution in [0, 0.1) is 0 Å². The molecule has 0 bridgehead atoms. The molecule has 3 aromatic rings. The number of rotatable bonds is 2. The van der Waals surface area contributed by atoms with Crippen molar-refractivity contribution in [3.63, 3.8) is 0 Å². The van der Waals surface area contributed by atoms with Gasteiger partial charge in [-0.1, -0.05) is 68.2 Å². The molecule has 1 N–H and O–H groups in total. The predicted molar refractivity (Wildman–Crippen MR) is 104 cm³/mol. The molecule has 4 rings (SSSR count). The highest BCUT2D eigenvalue weighted by atomic mass is 28.3. The molecular formula is C21H21NOSi. The zero-order chi connectivity index (χ0) is 16.9. The maximum atomic E-state index is 12.9. The Kier molecular flexibility index (Phi) is 3.36. The van der Waals surface area contributed by atoms with Gasteiger partial charge in [0.25, 0.3) is 0 Å². The van der Waals surface area contributed by atoms with Crippen LogP contribution in [0.3, 0.4) is 0 Å². The Hall–Kier alpha value is -2.39. The van der Waals surface area contributed by atoms with Gasteiger partial charge in [-0.15, -0.1) is 0 Å². The van der Waals surface area contributed by atoms with Crippen LogP contribution in [0.5, 0.6) is 0 Å². The first-order valence-electron chi connectivity index (χ1n) is 8.40. The van der Waals surface area contributed by atoms with Crippen molar-refractivity contribution in [2.75, 3.05) is 0 Å². The highest BCUT2D eigenvalue weighted by Gasteiger charge is 2.35. The van der Waals surface area contributed by atoms with Gasteiger partial charge >= 0.3 is 0 Å². The van der Waals surface area contributed by atoms with E-state index in [9.17, 15) is 4.79 Å². The normalized spacial score (nSPS) is 16.5. The fourth-order valence-electron chi connectivity index (χ4n) is 3.81. The second-order valence-electron chi connectivity index (χ2n) is 7.49. The lowest BCUT2D eigenvalue weighted by Gasteiger charge is -2.24. The maximum Gasteiger partial charge on any atom is 0.169 e. The van der Waals surface area contributed by atoms with E-state index in [1.54, 1.807) is 0 Å². The lowest BCUT2D eigenvalue weighted by molar-refractivity contribution is -0.112. The number of aromatic nitrogens is 1. The van der Waals surface area contributed by atoms with Gasteiger partial charge in [0, 0.05) is 22.9 Å². The molecule has 3 heteroatoms. The maximum absolute atomic E-state index is 12.9. The van der Waals surface area contributed by atoms with Crippen LogP contribution in [-0.2, 0) is 11.2 Å².